The number of likely N-dealkylation sites (N-methyl/N-ethyl adjacent to an activating group) is 1. The van der Waals surface area contributed by atoms with E-state index in [2.05, 4.69) is 4.90 Å². The van der Waals surface area contributed by atoms with E-state index in [1.807, 2.05) is 69.6 Å². The van der Waals surface area contributed by atoms with Crippen molar-refractivity contribution in [3.05, 3.63) is 54.1 Å². The Labute approximate surface area is 176 Å². The number of fused-ring (bicyclic) bond motifs is 1. The molecule has 0 radical (unpaired) electrons. The van der Waals surface area contributed by atoms with Gasteiger partial charge in [-0.25, -0.2) is 4.98 Å². The average Bonchev–Trinajstić information content (AvgIpc) is 3.07. The molecule has 1 aromatic heterocycles. The molecule has 1 heterocycles. The molecule has 150 valence electrons. The van der Waals surface area contributed by atoms with Gasteiger partial charge in [0.2, 0.25) is 5.91 Å². The zero-order valence-corrected chi connectivity index (χ0v) is 18.1. The van der Waals surface area contributed by atoms with Crippen molar-refractivity contribution in [3.8, 4) is 5.75 Å². The number of carbonyl (C=O) groups is 1. The second-order valence-corrected chi connectivity index (χ2v) is 7.55. The minimum Gasteiger partial charge on any atom is -0.492 e. The van der Waals surface area contributed by atoms with E-state index in [0.29, 0.717) is 19.6 Å². The Morgan fingerprint density at radius 2 is 1.82 bits per heavy atom. The van der Waals surface area contributed by atoms with E-state index < -0.39 is 0 Å². The normalized spacial score (nSPS) is 10.7. The van der Waals surface area contributed by atoms with Crippen molar-refractivity contribution in [1.29, 1.82) is 0 Å². The number of para-hydroxylation sites is 1. The Balaban J connectivity index is 0.00000280. The van der Waals surface area contributed by atoms with E-state index in [1.165, 1.54) is 11.3 Å². The molecule has 2 aromatic carbocycles. The third-order valence-corrected chi connectivity index (χ3v) is 5.22. The summed E-state index contributed by atoms with van der Waals surface area (Å²) in [5.74, 6) is 0.820. The first-order valence-corrected chi connectivity index (χ1v) is 9.91. The van der Waals surface area contributed by atoms with E-state index in [1.54, 1.807) is 4.90 Å². The van der Waals surface area contributed by atoms with Gasteiger partial charge in [0.05, 0.1) is 17.7 Å². The van der Waals surface area contributed by atoms with Crippen LogP contribution in [0.4, 0.5) is 5.13 Å². The average molecular weight is 420 g/mol. The van der Waals surface area contributed by atoms with Gasteiger partial charge in [-0.3, -0.25) is 9.69 Å². The smallest absolute Gasteiger partial charge is 0.233 e. The number of rotatable bonds is 8. The fourth-order valence-corrected chi connectivity index (χ4v) is 3.82. The van der Waals surface area contributed by atoms with Gasteiger partial charge in [0.25, 0.3) is 0 Å². The molecule has 0 N–H and O–H groups in total. The summed E-state index contributed by atoms with van der Waals surface area (Å²) in [6.07, 6.45) is 0.364. The number of hydrogen-bond donors (Lipinski definition) is 0. The first-order chi connectivity index (χ1) is 13.1. The molecule has 3 rings (SSSR count). The van der Waals surface area contributed by atoms with Crippen molar-refractivity contribution in [1.82, 2.24) is 9.88 Å². The van der Waals surface area contributed by atoms with Crippen LogP contribution in [0.2, 0.25) is 0 Å². The highest BCUT2D eigenvalue weighted by Gasteiger charge is 2.21. The summed E-state index contributed by atoms with van der Waals surface area (Å²) < 4.78 is 6.73. The Bertz CT molecular complexity index is 899. The van der Waals surface area contributed by atoms with E-state index in [-0.39, 0.29) is 18.3 Å². The van der Waals surface area contributed by atoms with Gasteiger partial charge in [0.15, 0.2) is 5.13 Å². The third-order valence-electron chi connectivity index (χ3n) is 4.17. The van der Waals surface area contributed by atoms with Crippen molar-refractivity contribution in [2.75, 3.05) is 38.7 Å². The molecule has 0 bridgehead atoms. The number of aromatic nitrogens is 1. The number of ether oxygens (including phenoxy) is 1. The van der Waals surface area contributed by atoms with Crippen LogP contribution in [-0.4, -0.2) is 49.6 Å². The van der Waals surface area contributed by atoms with Gasteiger partial charge in [-0.2, -0.15) is 0 Å². The van der Waals surface area contributed by atoms with Crippen LogP contribution in [0.5, 0.6) is 5.75 Å². The Morgan fingerprint density at radius 1 is 1.07 bits per heavy atom. The molecule has 0 unspecified atom stereocenters. The molecule has 0 spiro atoms. The number of thiazole rings is 1. The van der Waals surface area contributed by atoms with Gasteiger partial charge in [-0.15, -0.1) is 12.4 Å². The monoisotopic (exact) mass is 419 g/mol. The quantitative estimate of drug-likeness (QED) is 0.547. The fraction of sp³-hybridized carbons (Fsp3) is 0.333. The molecule has 0 saturated carbocycles. The second-order valence-electron chi connectivity index (χ2n) is 6.54. The Hall–Kier alpha value is -2.15. The van der Waals surface area contributed by atoms with E-state index in [9.17, 15) is 4.79 Å². The summed E-state index contributed by atoms with van der Waals surface area (Å²) in [6.45, 7) is 3.92. The molecule has 7 heteroatoms. The van der Waals surface area contributed by atoms with Crippen molar-refractivity contribution >= 4 is 45.0 Å². The summed E-state index contributed by atoms with van der Waals surface area (Å²) in [5.41, 5.74) is 1.83. The first-order valence-electron chi connectivity index (χ1n) is 9.10. The summed E-state index contributed by atoms with van der Waals surface area (Å²) in [4.78, 5) is 21.7. The van der Waals surface area contributed by atoms with Gasteiger partial charge >= 0.3 is 0 Å². The van der Waals surface area contributed by atoms with Crippen LogP contribution in [0.15, 0.2) is 48.5 Å². The predicted octanol–water partition coefficient (Wildman–Crippen LogP) is 4.25. The van der Waals surface area contributed by atoms with Gasteiger partial charge in [-0.05, 0) is 38.7 Å². The molecule has 0 aliphatic rings. The van der Waals surface area contributed by atoms with E-state index in [4.69, 9.17) is 9.72 Å². The third kappa shape index (κ3) is 5.44. The van der Waals surface area contributed by atoms with Crippen LogP contribution in [0.3, 0.4) is 0 Å². The van der Waals surface area contributed by atoms with Crippen molar-refractivity contribution in [3.63, 3.8) is 0 Å². The largest absolute Gasteiger partial charge is 0.492 e. The molecule has 0 fully saturated rings. The molecule has 1 amide bonds. The lowest BCUT2D eigenvalue weighted by Crippen LogP contribution is -2.37. The number of carbonyl (C=O) groups excluding carboxylic acids is 1. The van der Waals surface area contributed by atoms with Crippen molar-refractivity contribution in [2.24, 2.45) is 0 Å². The summed E-state index contributed by atoms with van der Waals surface area (Å²) in [6, 6.07) is 15.7. The maximum Gasteiger partial charge on any atom is 0.233 e. The molecule has 0 aliphatic heterocycles. The fourth-order valence-electron chi connectivity index (χ4n) is 2.79. The SMILES string of the molecule is CCOc1cccc2sc(N(CCN(C)C)C(=O)Cc3ccccc3)nc12.Cl. The number of amides is 1. The first kappa shape index (κ1) is 22.1. The molecule has 28 heavy (non-hydrogen) atoms. The molecule has 3 aromatic rings. The molecular weight excluding hydrogens is 394 g/mol. The molecule has 0 aliphatic carbocycles. The van der Waals surface area contributed by atoms with Crippen LogP contribution in [0, 0.1) is 0 Å². The van der Waals surface area contributed by atoms with Crippen LogP contribution < -0.4 is 9.64 Å². The standard InChI is InChI=1S/C21H25N3O2S.ClH/c1-4-26-17-11-8-12-18-20(17)22-21(27-18)24(14-13-23(2)3)19(25)15-16-9-6-5-7-10-16;/h5-12H,4,13-15H2,1-3H3;1H. The van der Waals surface area contributed by atoms with Gasteiger partial charge in [0.1, 0.15) is 11.3 Å². The van der Waals surface area contributed by atoms with Gasteiger partial charge in [-0.1, -0.05) is 47.7 Å². The van der Waals surface area contributed by atoms with Gasteiger partial charge < -0.3 is 9.64 Å². The summed E-state index contributed by atoms with van der Waals surface area (Å²) in [7, 11) is 4.01. The van der Waals surface area contributed by atoms with E-state index in [0.717, 1.165) is 33.2 Å². The molecule has 0 saturated heterocycles. The summed E-state index contributed by atoms with van der Waals surface area (Å²) in [5, 5.41) is 0.722. The lowest BCUT2D eigenvalue weighted by molar-refractivity contribution is -0.118. The number of nitrogens with zero attached hydrogens (tertiary/aromatic N) is 3. The minimum absolute atomic E-state index is 0. The number of hydrogen-bond acceptors (Lipinski definition) is 5. The highest BCUT2D eigenvalue weighted by Crippen LogP contribution is 2.34. The molecule has 5 nitrogen and oxygen atoms in total. The number of anilines is 1. The summed E-state index contributed by atoms with van der Waals surface area (Å²) >= 11 is 1.53. The van der Waals surface area contributed by atoms with Crippen LogP contribution in [0.25, 0.3) is 10.2 Å². The molecule has 0 atom stereocenters. The van der Waals surface area contributed by atoms with Crippen LogP contribution >= 0.6 is 23.7 Å². The zero-order valence-electron chi connectivity index (χ0n) is 16.4. The lowest BCUT2D eigenvalue weighted by Gasteiger charge is -2.22. The highest BCUT2D eigenvalue weighted by molar-refractivity contribution is 7.22. The van der Waals surface area contributed by atoms with Crippen LogP contribution in [0.1, 0.15) is 12.5 Å². The van der Waals surface area contributed by atoms with Crippen molar-refractivity contribution < 1.29 is 9.53 Å². The Morgan fingerprint density at radius 3 is 2.50 bits per heavy atom. The van der Waals surface area contributed by atoms with Crippen molar-refractivity contribution in [2.45, 2.75) is 13.3 Å². The highest BCUT2D eigenvalue weighted by atomic mass is 35.5. The number of halogens is 1. The molecular formula is C21H26ClN3O2S. The maximum atomic E-state index is 13.1. The Kier molecular flexibility index (Phi) is 8.23. The van der Waals surface area contributed by atoms with E-state index >= 15 is 0 Å². The van der Waals surface area contributed by atoms with Crippen LogP contribution in [-0.2, 0) is 11.2 Å². The topological polar surface area (TPSA) is 45.7 Å². The lowest BCUT2D eigenvalue weighted by atomic mass is 10.1. The predicted molar refractivity (Wildman–Crippen MR) is 119 cm³/mol. The second kappa shape index (κ2) is 10.4. The minimum atomic E-state index is 0. The van der Waals surface area contributed by atoms with Gasteiger partial charge in [0, 0.05) is 13.1 Å². The number of benzene rings is 2. The maximum absolute atomic E-state index is 13.1. The zero-order chi connectivity index (χ0) is 19.2.